The van der Waals surface area contributed by atoms with Crippen molar-refractivity contribution in [3.8, 4) is 5.75 Å². The molecule has 1 N–H and O–H groups in total. The normalized spacial score (nSPS) is 11.1. The number of aliphatic imine (C=N–C) groups is 1. The van der Waals surface area contributed by atoms with Gasteiger partial charge < -0.3 is 5.11 Å². The van der Waals surface area contributed by atoms with Gasteiger partial charge in [0.2, 0.25) is 0 Å². The van der Waals surface area contributed by atoms with Gasteiger partial charge in [-0.25, -0.2) is 9.98 Å². The lowest BCUT2D eigenvalue weighted by molar-refractivity contribution is 0.475. The summed E-state index contributed by atoms with van der Waals surface area (Å²) in [6, 6.07) is 8.57. The number of aromatic hydroxyl groups is 1. The number of rotatable bonds is 2. The second kappa shape index (κ2) is 5.38. The highest BCUT2D eigenvalue weighted by atomic mass is 35.5. The van der Waals surface area contributed by atoms with Crippen molar-refractivity contribution >= 4 is 35.2 Å². The smallest absolute Gasteiger partial charge is 0.152 e. The van der Waals surface area contributed by atoms with E-state index < -0.39 is 0 Å². The molecule has 3 nitrogen and oxygen atoms in total. The number of phenols is 1. The van der Waals surface area contributed by atoms with Crippen LogP contribution in [0.4, 0.5) is 5.82 Å². The van der Waals surface area contributed by atoms with Gasteiger partial charge in [-0.15, -0.1) is 0 Å². The van der Waals surface area contributed by atoms with E-state index in [1.165, 1.54) is 12.3 Å². The number of benzene rings is 1. The summed E-state index contributed by atoms with van der Waals surface area (Å²) in [6.45, 7) is 1.88. The molecule has 5 heteroatoms. The van der Waals surface area contributed by atoms with Crippen molar-refractivity contribution in [3.05, 3.63) is 51.6 Å². The molecule has 18 heavy (non-hydrogen) atoms. The molecule has 0 aliphatic heterocycles. The Balaban J connectivity index is 2.34. The first-order valence-electron chi connectivity index (χ1n) is 5.22. The maximum atomic E-state index is 9.75. The minimum absolute atomic E-state index is 0.0440. The molecule has 0 saturated carbocycles. The fraction of sp³-hybridized carbons (Fsp3) is 0.0769. The lowest BCUT2D eigenvalue weighted by Gasteiger charge is -2.02. The van der Waals surface area contributed by atoms with Gasteiger partial charge in [0.1, 0.15) is 5.75 Å². The van der Waals surface area contributed by atoms with Gasteiger partial charge in [0.15, 0.2) is 5.82 Å². The summed E-state index contributed by atoms with van der Waals surface area (Å²) < 4.78 is 0. The number of aromatic nitrogens is 1. The molecule has 0 bridgehead atoms. The SMILES string of the molecule is Cc1cccc(/N=C/c2cc(Cl)cc(Cl)c2O)n1. The van der Waals surface area contributed by atoms with Crippen LogP contribution in [0.1, 0.15) is 11.3 Å². The van der Waals surface area contributed by atoms with Crippen LogP contribution < -0.4 is 0 Å². The van der Waals surface area contributed by atoms with Crippen LogP contribution in [0.2, 0.25) is 10.0 Å². The van der Waals surface area contributed by atoms with E-state index in [2.05, 4.69) is 9.98 Å². The molecule has 0 aliphatic carbocycles. The molecular weight excluding hydrogens is 271 g/mol. The average molecular weight is 281 g/mol. The van der Waals surface area contributed by atoms with Gasteiger partial charge in [-0.1, -0.05) is 29.3 Å². The summed E-state index contributed by atoms with van der Waals surface area (Å²) in [5, 5.41) is 10.4. The zero-order chi connectivity index (χ0) is 13.1. The van der Waals surface area contributed by atoms with Crippen LogP contribution in [0, 0.1) is 6.92 Å². The molecule has 1 aromatic heterocycles. The zero-order valence-corrected chi connectivity index (χ0v) is 11.1. The number of aryl methyl sites for hydroxylation is 1. The van der Waals surface area contributed by atoms with Crippen molar-refractivity contribution in [2.24, 2.45) is 4.99 Å². The highest BCUT2D eigenvalue weighted by Gasteiger charge is 2.05. The van der Waals surface area contributed by atoms with Crippen molar-refractivity contribution < 1.29 is 5.11 Å². The van der Waals surface area contributed by atoms with Crippen molar-refractivity contribution in [1.29, 1.82) is 0 Å². The molecule has 0 atom stereocenters. The average Bonchev–Trinajstić information content (AvgIpc) is 2.32. The number of nitrogens with zero attached hydrogens (tertiary/aromatic N) is 2. The van der Waals surface area contributed by atoms with Crippen LogP contribution in [0.25, 0.3) is 0 Å². The highest BCUT2D eigenvalue weighted by Crippen LogP contribution is 2.30. The monoisotopic (exact) mass is 280 g/mol. The van der Waals surface area contributed by atoms with Gasteiger partial charge in [-0.05, 0) is 31.2 Å². The van der Waals surface area contributed by atoms with Crippen molar-refractivity contribution in [2.75, 3.05) is 0 Å². The van der Waals surface area contributed by atoms with E-state index in [1.807, 2.05) is 19.1 Å². The third-order valence-corrected chi connectivity index (χ3v) is 2.77. The molecule has 0 unspecified atom stereocenters. The van der Waals surface area contributed by atoms with E-state index in [4.69, 9.17) is 23.2 Å². The van der Waals surface area contributed by atoms with Gasteiger partial charge >= 0.3 is 0 Å². The summed E-state index contributed by atoms with van der Waals surface area (Å²) >= 11 is 11.7. The lowest BCUT2D eigenvalue weighted by atomic mass is 10.2. The minimum atomic E-state index is -0.0440. The Hall–Kier alpha value is -1.58. The summed E-state index contributed by atoms with van der Waals surface area (Å²) in [4.78, 5) is 8.38. The van der Waals surface area contributed by atoms with E-state index >= 15 is 0 Å². The standard InChI is InChI=1S/C13H10Cl2N2O/c1-8-3-2-4-12(17-8)16-7-9-5-10(14)6-11(15)13(9)18/h2-7,18H,1H3/b16-7+. The first-order chi connectivity index (χ1) is 8.56. The predicted molar refractivity (Wildman–Crippen MR) is 74.4 cm³/mol. The van der Waals surface area contributed by atoms with Crippen molar-refractivity contribution in [3.63, 3.8) is 0 Å². The van der Waals surface area contributed by atoms with Crippen LogP contribution in [0.5, 0.6) is 5.75 Å². The maximum Gasteiger partial charge on any atom is 0.152 e. The van der Waals surface area contributed by atoms with E-state index in [9.17, 15) is 5.11 Å². The minimum Gasteiger partial charge on any atom is -0.506 e. The van der Waals surface area contributed by atoms with E-state index in [-0.39, 0.29) is 10.8 Å². The Morgan fingerprint density at radius 3 is 2.78 bits per heavy atom. The molecule has 2 aromatic rings. The topological polar surface area (TPSA) is 45.5 Å². The van der Waals surface area contributed by atoms with E-state index in [0.29, 0.717) is 16.4 Å². The number of hydrogen-bond donors (Lipinski definition) is 1. The van der Waals surface area contributed by atoms with Gasteiger partial charge in [0.25, 0.3) is 0 Å². The fourth-order valence-corrected chi connectivity index (χ4v) is 1.93. The molecule has 2 rings (SSSR count). The van der Waals surface area contributed by atoms with Crippen LogP contribution in [-0.4, -0.2) is 16.3 Å². The number of hydrogen-bond acceptors (Lipinski definition) is 3. The van der Waals surface area contributed by atoms with E-state index in [1.54, 1.807) is 12.1 Å². The first kappa shape index (κ1) is 12.9. The Bertz CT molecular complexity index is 612. The van der Waals surface area contributed by atoms with Gasteiger partial charge in [-0.2, -0.15) is 0 Å². The number of pyridine rings is 1. The van der Waals surface area contributed by atoms with Crippen LogP contribution in [-0.2, 0) is 0 Å². The second-order valence-electron chi connectivity index (χ2n) is 3.72. The maximum absolute atomic E-state index is 9.75. The quantitative estimate of drug-likeness (QED) is 0.840. The third-order valence-electron chi connectivity index (χ3n) is 2.27. The molecule has 0 spiro atoms. The van der Waals surface area contributed by atoms with Crippen molar-refractivity contribution in [2.45, 2.75) is 6.92 Å². The summed E-state index contributed by atoms with van der Waals surface area (Å²) in [5.41, 5.74) is 1.33. The lowest BCUT2D eigenvalue weighted by Crippen LogP contribution is -1.85. The van der Waals surface area contributed by atoms with Crippen LogP contribution >= 0.6 is 23.2 Å². The van der Waals surface area contributed by atoms with Crippen LogP contribution in [0.3, 0.4) is 0 Å². The second-order valence-corrected chi connectivity index (χ2v) is 4.56. The molecule has 0 fully saturated rings. The molecular formula is C13H10Cl2N2O. The fourth-order valence-electron chi connectivity index (χ4n) is 1.42. The van der Waals surface area contributed by atoms with Gasteiger partial charge in [-0.3, -0.25) is 0 Å². The molecule has 1 heterocycles. The Labute approximate surface area is 115 Å². The zero-order valence-electron chi connectivity index (χ0n) is 9.56. The Kier molecular flexibility index (Phi) is 3.84. The summed E-state index contributed by atoms with van der Waals surface area (Å²) in [5.74, 6) is 0.517. The largest absolute Gasteiger partial charge is 0.506 e. The third kappa shape index (κ3) is 3.00. The summed E-state index contributed by atoms with van der Waals surface area (Å²) in [7, 11) is 0. The van der Waals surface area contributed by atoms with Crippen molar-refractivity contribution in [1.82, 2.24) is 4.98 Å². The van der Waals surface area contributed by atoms with Gasteiger partial charge in [0, 0.05) is 22.5 Å². The number of phenolic OH excluding ortho intramolecular Hbond substituents is 1. The Morgan fingerprint density at radius 1 is 1.28 bits per heavy atom. The number of halogens is 2. The molecule has 0 aliphatic rings. The summed E-state index contributed by atoms with van der Waals surface area (Å²) in [6.07, 6.45) is 1.48. The molecule has 0 saturated heterocycles. The highest BCUT2D eigenvalue weighted by molar-refractivity contribution is 6.36. The van der Waals surface area contributed by atoms with Gasteiger partial charge in [0.05, 0.1) is 5.02 Å². The molecule has 1 aromatic carbocycles. The molecule has 92 valence electrons. The molecule has 0 amide bonds. The predicted octanol–water partition coefficient (Wildman–Crippen LogP) is 4.15. The molecule has 0 radical (unpaired) electrons. The van der Waals surface area contributed by atoms with E-state index in [0.717, 1.165) is 5.69 Å². The Morgan fingerprint density at radius 2 is 2.06 bits per heavy atom. The van der Waals surface area contributed by atoms with Crippen LogP contribution in [0.15, 0.2) is 35.3 Å². The first-order valence-corrected chi connectivity index (χ1v) is 5.97.